The van der Waals surface area contributed by atoms with E-state index in [9.17, 15) is 9.59 Å². The zero-order chi connectivity index (χ0) is 21.8. The Morgan fingerprint density at radius 2 is 1.84 bits per heavy atom. The molecule has 2 aliphatic rings. The summed E-state index contributed by atoms with van der Waals surface area (Å²) in [5.74, 6) is 0.564. The maximum atomic E-state index is 13.7. The first-order chi connectivity index (χ1) is 15.1. The number of amides is 2. The predicted octanol–water partition coefficient (Wildman–Crippen LogP) is 4.66. The Hall–Kier alpha value is -2.82. The van der Waals surface area contributed by atoms with E-state index in [0.717, 1.165) is 55.4 Å². The van der Waals surface area contributed by atoms with Crippen molar-refractivity contribution in [3.05, 3.63) is 65.2 Å². The van der Waals surface area contributed by atoms with Crippen molar-refractivity contribution in [2.75, 3.05) is 13.7 Å². The fourth-order valence-electron chi connectivity index (χ4n) is 5.34. The second-order valence-electron chi connectivity index (χ2n) is 8.71. The quantitative estimate of drug-likeness (QED) is 0.708. The van der Waals surface area contributed by atoms with Crippen LogP contribution >= 0.6 is 0 Å². The van der Waals surface area contributed by atoms with Crippen molar-refractivity contribution in [1.82, 2.24) is 10.2 Å². The Morgan fingerprint density at radius 3 is 2.52 bits per heavy atom. The Kier molecular flexibility index (Phi) is 6.30. The molecule has 1 aliphatic carbocycles. The van der Waals surface area contributed by atoms with Crippen LogP contribution in [0.1, 0.15) is 72.9 Å². The van der Waals surface area contributed by atoms with Gasteiger partial charge < -0.3 is 15.0 Å². The predicted molar refractivity (Wildman–Crippen MR) is 121 cm³/mol. The molecule has 2 aromatic carbocycles. The van der Waals surface area contributed by atoms with Crippen LogP contribution < -0.4 is 10.1 Å². The third-order valence-corrected chi connectivity index (χ3v) is 6.91. The molecule has 1 N–H and O–H groups in total. The van der Waals surface area contributed by atoms with E-state index in [-0.39, 0.29) is 17.7 Å². The van der Waals surface area contributed by atoms with E-state index in [1.165, 1.54) is 0 Å². The number of nitrogens with zero attached hydrogens (tertiary/aromatic N) is 1. The minimum atomic E-state index is -0.412. The van der Waals surface area contributed by atoms with Gasteiger partial charge in [-0.3, -0.25) is 9.59 Å². The average molecular weight is 421 g/mol. The van der Waals surface area contributed by atoms with E-state index >= 15 is 0 Å². The molecule has 0 radical (unpaired) electrons. The van der Waals surface area contributed by atoms with Gasteiger partial charge in [0.1, 0.15) is 5.75 Å². The standard InChI is InChI=1S/C26H32N2O3/c1-3-4-17-28-25(30)22-10-6-5-9-21(22)23(26(28)15-7-8-16-26)24(29)27-18-19-11-13-20(31-2)14-12-19/h5-6,9-14,23H,3-4,7-8,15-18H2,1-2H3,(H,27,29)/t23-/m0/s1. The third kappa shape index (κ3) is 3.93. The minimum absolute atomic E-state index is 0.0131. The first-order valence-corrected chi connectivity index (χ1v) is 11.4. The van der Waals surface area contributed by atoms with E-state index < -0.39 is 5.54 Å². The fourth-order valence-corrected chi connectivity index (χ4v) is 5.34. The van der Waals surface area contributed by atoms with Gasteiger partial charge in [0.15, 0.2) is 0 Å². The summed E-state index contributed by atoms with van der Waals surface area (Å²) in [6, 6.07) is 15.4. The summed E-state index contributed by atoms with van der Waals surface area (Å²) in [7, 11) is 1.64. The molecule has 1 atom stereocenters. The van der Waals surface area contributed by atoms with Gasteiger partial charge in [-0.15, -0.1) is 0 Å². The maximum Gasteiger partial charge on any atom is 0.254 e. The van der Waals surface area contributed by atoms with E-state index in [2.05, 4.69) is 12.2 Å². The first kappa shape index (κ1) is 21.4. The summed E-state index contributed by atoms with van der Waals surface area (Å²) in [6.07, 6.45) is 5.86. The lowest BCUT2D eigenvalue weighted by atomic mass is 9.71. The third-order valence-electron chi connectivity index (χ3n) is 6.91. The lowest BCUT2D eigenvalue weighted by Crippen LogP contribution is -2.60. The van der Waals surface area contributed by atoms with Crippen molar-refractivity contribution in [2.45, 2.75) is 63.5 Å². The highest BCUT2D eigenvalue weighted by atomic mass is 16.5. The number of benzene rings is 2. The lowest BCUT2D eigenvalue weighted by molar-refractivity contribution is -0.126. The van der Waals surface area contributed by atoms with Crippen LogP contribution in [-0.2, 0) is 11.3 Å². The highest BCUT2D eigenvalue weighted by molar-refractivity contribution is 6.02. The molecule has 0 aromatic heterocycles. The average Bonchev–Trinajstić information content (AvgIpc) is 3.28. The summed E-state index contributed by atoms with van der Waals surface area (Å²) in [6.45, 7) is 3.31. The van der Waals surface area contributed by atoms with Crippen LogP contribution in [-0.4, -0.2) is 35.9 Å². The molecule has 2 aromatic rings. The summed E-state index contributed by atoms with van der Waals surface area (Å²) >= 11 is 0. The highest BCUT2D eigenvalue weighted by Gasteiger charge is 2.55. The van der Waals surface area contributed by atoms with Gasteiger partial charge in [-0.1, -0.05) is 56.5 Å². The second kappa shape index (κ2) is 9.13. The van der Waals surface area contributed by atoms with Crippen molar-refractivity contribution < 1.29 is 14.3 Å². The van der Waals surface area contributed by atoms with Crippen molar-refractivity contribution in [3.8, 4) is 5.75 Å². The Balaban J connectivity index is 1.66. The van der Waals surface area contributed by atoms with Crippen LogP contribution in [0.25, 0.3) is 0 Å². The van der Waals surface area contributed by atoms with Crippen LogP contribution in [0, 0.1) is 0 Å². The van der Waals surface area contributed by atoms with Crippen LogP contribution in [0.5, 0.6) is 5.75 Å². The van der Waals surface area contributed by atoms with Crippen molar-refractivity contribution in [1.29, 1.82) is 0 Å². The van der Waals surface area contributed by atoms with Crippen molar-refractivity contribution in [2.24, 2.45) is 0 Å². The number of carbonyl (C=O) groups is 2. The molecule has 5 heteroatoms. The zero-order valence-electron chi connectivity index (χ0n) is 18.5. The SMILES string of the molecule is CCCCN1C(=O)c2ccccc2[C@@H](C(=O)NCc2ccc(OC)cc2)C12CCCC2. The molecule has 31 heavy (non-hydrogen) atoms. The second-order valence-corrected chi connectivity index (χ2v) is 8.71. The molecule has 0 bridgehead atoms. The van der Waals surface area contributed by atoms with Gasteiger partial charge in [0.2, 0.25) is 5.91 Å². The van der Waals surface area contributed by atoms with E-state index in [1.54, 1.807) is 7.11 Å². The number of unbranched alkanes of at least 4 members (excludes halogenated alkanes) is 1. The number of fused-ring (bicyclic) bond motifs is 1. The van der Waals surface area contributed by atoms with Gasteiger partial charge in [0, 0.05) is 18.7 Å². The van der Waals surface area contributed by atoms with E-state index in [0.29, 0.717) is 18.7 Å². The number of methoxy groups -OCH3 is 1. The van der Waals surface area contributed by atoms with Gasteiger partial charge in [0.05, 0.1) is 18.6 Å². The molecular formula is C26H32N2O3. The van der Waals surface area contributed by atoms with Crippen LogP contribution in [0.2, 0.25) is 0 Å². The number of nitrogens with one attached hydrogen (secondary N) is 1. The fraction of sp³-hybridized carbons (Fsp3) is 0.462. The molecule has 1 fully saturated rings. The molecule has 1 aliphatic heterocycles. The number of carbonyl (C=O) groups excluding carboxylic acids is 2. The number of hydrogen-bond donors (Lipinski definition) is 1. The molecular weight excluding hydrogens is 388 g/mol. The summed E-state index contributed by atoms with van der Waals surface area (Å²) in [4.78, 5) is 29.2. The maximum absolute atomic E-state index is 13.7. The Labute approximate surface area is 184 Å². The van der Waals surface area contributed by atoms with Gasteiger partial charge in [-0.05, 0) is 48.6 Å². The highest BCUT2D eigenvalue weighted by Crippen LogP contribution is 2.50. The largest absolute Gasteiger partial charge is 0.497 e. The summed E-state index contributed by atoms with van der Waals surface area (Å²) in [5, 5.41) is 3.17. The van der Waals surface area contributed by atoms with Crippen LogP contribution in [0.3, 0.4) is 0 Å². The lowest BCUT2D eigenvalue weighted by Gasteiger charge is -2.50. The summed E-state index contributed by atoms with van der Waals surface area (Å²) in [5.41, 5.74) is 2.18. The molecule has 2 amide bonds. The molecule has 4 rings (SSSR count). The first-order valence-electron chi connectivity index (χ1n) is 11.4. The molecule has 0 unspecified atom stereocenters. The number of rotatable bonds is 7. The molecule has 1 spiro atoms. The van der Waals surface area contributed by atoms with E-state index in [1.807, 2.05) is 53.4 Å². The number of ether oxygens (including phenoxy) is 1. The molecule has 0 saturated heterocycles. The van der Waals surface area contributed by atoms with Gasteiger partial charge >= 0.3 is 0 Å². The zero-order valence-corrected chi connectivity index (χ0v) is 18.5. The Morgan fingerprint density at radius 1 is 1.13 bits per heavy atom. The monoisotopic (exact) mass is 420 g/mol. The van der Waals surface area contributed by atoms with Gasteiger partial charge in [-0.25, -0.2) is 0 Å². The van der Waals surface area contributed by atoms with Crippen molar-refractivity contribution in [3.63, 3.8) is 0 Å². The molecule has 1 saturated carbocycles. The van der Waals surface area contributed by atoms with Gasteiger partial charge in [-0.2, -0.15) is 0 Å². The molecule has 1 heterocycles. The summed E-state index contributed by atoms with van der Waals surface area (Å²) < 4.78 is 5.22. The Bertz CT molecular complexity index is 932. The van der Waals surface area contributed by atoms with Gasteiger partial charge in [0.25, 0.3) is 5.91 Å². The normalized spacial score (nSPS) is 19.4. The molecule has 5 nitrogen and oxygen atoms in total. The topological polar surface area (TPSA) is 58.6 Å². The van der Waals surface area contributed by atoms with E-state index in [4.69, 9.17) is 4.74 Å². The number of hydrogen-bond acceptors (Lipinski definition) is 3. The van der Waals surface area contributed by atoms with Crippen LogP contribution in [0.4, 0.5) is 0 Å². The van der Waals surface area contributed by atoms with Crippen LogP contribution in [0.15, 0.2) is 48.5 Å². The molecule has 164 valence electrons. The van der Waals surface area contributed by atoms with Crippen molar-refractivity contribution >= 4 is 11.8 Å². The smallest absolute Gasteiger partial charge is 0.254 e. The minimum Gasteiger partial charge on any atom is -0.497 e.